The van der Waals surface area contributed by atoms with E-state index in [2.05, 4.69) is 11.2 Å². The molecule has 0 aliphatic carbocycles. The van der Waals surface area contributed by atoms with Crippen molar-refractivity contribution in [1.29, 1.82) is 0 Å². The van der Waals surface area contributed by atoms with Crippen molar-refractivity contribution in [3.63, 3.8) is 0 Å². The van der Waals surface area contributed by atoms with E-state index >= 15 is 0 Å². The lowest BCUT2D eigenvalue weighted by Crippen LogP contribution is -2.44. The number of carbonyl (C=O) groups excluding carboxylic acids is 1. The highest BCUT2D eigenvalue weighted by molar-refractivity contribution is 5.79. The van der Waals surface area contributed by atoms with Gasteiger partial charge in [-0.2, -0.15) is 13.2 Å². The van der Waals surface area contributed by atoms with E-state index < -0.39 is 24.0 Å². The standard InChI is InChI=1S/C10H14F3NO/c1-5-8(6(2)3)14-9(15)7(4)10(11,12)13/h1,6-8H,2-4H3,(H,14,15)/t7?,8-/m1/s1. The van der Waals surface area contributed by atoms with Crippen LogP contribution in [-0.4, -0.2) is 18.1 Å². The number of nitrogens with one attached hydrogen (secondary N) is 1. The highest BCUT2D eigenvalue weighted by atomic mass is 19.4. The third-order valence-corrected chi connectivity index (χ3v) is 2.03. The first-order valence-corrected chi connectivity index (χ1v) is 4.53. The van der Waals surface area contributed by atoms with Gasteiger partial charge >= 0.3 is 6.18 Å². The van der Waals surface area contributed by atoms with E-state index in [0.29, 0.717) is 0 Å². The summed E-state index contributed by atoms with van der Waals surface area (Å²) in [6.45, 7) is 4.26. The summed E-state index contributed by atoms with van der Waals surface area (Å²) in [4.78, 5) is 11.1. The predicted octanol–water partition coefficient (Wildman–Crippen LogP) is 1.96. The van der Waals surface area contributed by atoms with E-state index in [9.17, 15) is 18.0 Å². The normalized spacial score (nSPS) is 15.6. The Morgan fingerprint density at radius 1 is 1.33 bits per heavy atom. The first kappa shape index (κ1) is 13.8. The van der Waals surface area contributed by atoms with Gasteiger partial charge in [-0.05, 0) is 12.8 Å². The number of hydrogen-bond donors (Lipinski definition) is 1. The second-order valence-corrected chi connectivity index (χ2v) is 3.66. The fourth-order valence-electron chi connectivity index (χ4n) is 0.828. The SMILES string of the molecule is C#C[C@@H](NC(=O)C(C)C(F)(F)F)C(C)C. The Hall–Kier alpha value is -1.18. The van der Waals surface area contributed by atoms with Gasteiger partial charge in [0.05, 0.1) is 6.04 Å². The molecule has 0 aliphatic rings. The molecule has 1 unspecified atom stereocenters. The van der Waals surface area contributed by atoms with Crippen molar-refractivity contribution >= 4 is 5.91 Å². The van der Waals surface area contributed by atoms with Crippen LogP contribution in [0.15, 0.2) is 0 Å². The van der Waals surface area contributed by atoms with Crippen LogP contribution in [0.4, 0.5) is 13.2 Å². The fraction of sp³-hybridized carbons (Fsp3) is 0.700. The second-order valence-electron chi connectivity index (χ2n) is 3.66. The van der Waals surface area contributed by atoms with Gasteiger partial charge in [0.2, 0.25) is 5.91 Å². The number of halogens is 3. The first-order valence-electron chi connectivity index (χ1n) is 4.53. The molecule has 15 heavy (non-hydrogen) atoms. The molecule has 0 saturated carbocycles. The molecule has 0 aliphatic heterocycles. The van der Waals surface area contributed by atoms with E-state index in [-0.39, 0.29) is 5.92 Å². The maximum absolute atomic E-state index is 12.1. The van der Waals surface area contributed by atoms with Crippen molar-refractivity contribution < 1.29 is 18.0 Å². The Bertz CT molecular complexity index is 265. The van der Waals surface area contributed by atoms with Crippen LogP contribution in [0.5, 0.6) is 0 Å². The lowest BCUT2D eigenvalue weighted by Gasteiger charge is -2.20. The fourth-order valence-corrected chi connectivity index (χ4v) is 0.828. The summed E-state index contributed by atoms with van der Waals surface area (Å²) in [6.07, 6.45) is 0.558. The number of rotatable bonds is 3. The quantitative estimate of drug-likeness (QED) is 0.725. The molecule has 0 rings (SSSR count). The van der Waals surface area contributed by atoms with E-state index in [0.717, 1.165) is 6.92 Å². The van der Waals surface area contributed by atoms with Gasteiger partial charge in [-0.3, -0.25) is 4.79 Å². The monoisotopic (exact) mass is 221 g/mol. The lowest BCUT2D eigenvalue weighted by atomic mass is 10.0. The van der Waals surface area contributed by atoms with Crippen molar-refractivity contribution in [2.75, 3.05) is 0 Å². The van der Waals surface area contributed by atoms with Gasteiger partial charge in [0.15, 0.2) is 0 Å². The van der Waals surface area contributed by atoms with Crippen LogP contribution in [0, 0.1) is 24.2 Å². The largest absolute Gasteiger partial charge is 0.400 e. The van der Waals surface area contributed by atoms with Crippen LogP contribution in [0.25, 0.3) is 0 Å². The second kappa shape index (κ2) is 5.06. The van der Waals surface area contributed by atoms with Gasteiger partial charge in [-0.1, -0.05) is 19.8 Å². The van der Waals surface area contributed by atoms with Crippen molar-refractivity contribution in [2.24, 2.45) is 11.8 Å². The summed E-state index contributed by atoms with van der Waals surface area (Å²) in [5.41, 5.74) is 0. The van der Waals surface area contributed by atoms with Crippen LogP contribution < -0.4 is 5.32 Å². The molecule has 0 spiro atoms. The minimum Gasteiger partial charge on any atom is -0.342 e. The number of terminal acetylenes is 1. The van der Waals surface area contributed by atoms with Gasteiger partial charge in [0.1, 0.15) is 5.92 Å². The summed E-state index contributed by atoms with van der Waals surface area (Å²) < 4.78 is 36.4. The van der Waals surface area contributed by atoms with Gasteiger partial charge < -0.3 is 5.32 Å². The third-order valence-electron chi connectivity index (χ3n) is 2.03. The lowest BCUT2D eigenvalue weighted by molar-refractivity contribution is -0.179. The molecule has 0 radical (unpaired) electrons. The molecular formula is C10H14F3NO. The summed E-state index contributed by atoms with van der Waals surface area (Å²) in [5, 5.41) is 2.18. The molecule has 5 heteroatoms. The third kappa shape index (κ3) is 4.24. The number of hydrogen-bond acceptors (Lipinski definition) is 1. The average molecular weight is 221 g/mol. The van der Waals surface area contributed by atoms with Crippen molar-refractivity contribution in [1.82, 2.24) is 5.32 Å². The Kier molecular flexibility index (Phi) is 4.66. The smallest absolute Gasteiger partial charge is 0.342 e. The Morgan fingerprint density at radius 2 is 1.80 bits per heavy atom. The van der Waals surface area contributed by atoms with Crippen LogP contribution in [-0.2, 0) is 4.79 Å². The van der Waals surface area contributed by atoms with Crippen LogP contribution >= 0.6 is 0 Å². The minimum absolute atomic E-state index is 0.0978. The van der Waals surface area contributed by atoms with Gasteiger partial charge in [0.25, 0.3) is 0 Å². The maximum Gasteiger partial charge on any atom is 0.400 e. The number of alkyl halides is 3. The van der Waals surface area contributed by atoms with Gasteiger partial charge in [-0.25, -0.2) is 0 Å². The Labute approximate surface area is 87.2 Å². The Morgan fingerprint density at radius 3 is 2.07 bits per heavy atom. The summed E-state index contributed by atoms with van der Waals surface area (Å²) in [5.74, 6) is -0.978. The van der Waals surface area contributed by atoms with E-state index in [1.807, 2.05) is 0 Å². The highest BCUT2D eigenvalue weighted by Crippen LogP contribution is 2.25. The number of carbonyl (C=O) groups is 1. The minimum atomic E-state index is -4.53. The maximum atomic E-state index is 12.1. The molecule has 1 N–H and O–H groups in total. The van der Waals surface area contributed by atoms with Crippen LogP contribution in [0.3, 0.4) is 0 Å². The zero-order valence-electron chi connectivity index (χ0n) is 8.85. The number of amides is 1. The predicted molar refractivity (Wildman–Crippen MR) is 50.8 cm³/mol. The molecule has 1 amide bonds. The summed E-state index contributed by atoms with van der Waals surface area (Å²) in [7, 11) is 0. The highest BCUT2D eigenvalue weighted by Gasteiger charge is 2.41. The van der Waals surface area contributed by atoms with Gasteiger partial charge in [-0.15, -0.1) is 6.42 Å². The van der Waals surface area contributed by atoms with Crippen LogP contribution in [0.2, 0.25) is 0 Å². The summed E-state index contributed by atoms with van der Waals surface area (Å²) in [6, 6.07) is -0.665. The molecule has 0 aromatic carbocycles. The first-order chi connectivity index (χ1) is 6.70. The molecule has 0 saturated heterocycles. The molecule has 2 atom stereocenters. The molecule has 2 nitrogen and oxygen atoms in total. The molecule has 0 heterocycles. The Balaban J connectivity index is 4.44. The molecule has 0 aromatic heterocycles. The average Bonchev–Trinajstić information content (AvgIpc) is 2.10. The zero-order valence-corrected chi connectivity index (χ0v) is 8.85. The molecule has 0 fully saturated rings. The molecule has 0 aromatic rings. The molecular weight excluding hydrogens is 207 g/mol. The van der Waals surface area contributed by atoms with E-state index in [1.165, 1.54) is 0 Å². The van der Waals surface area contributed by atoms with Crippen molar-refractivity contribution in [3.8, 4) is 12.3 Å². The zero-order chi connectivity index (χ0) is 12.2. The summed E-state index contributed by atoms with van der Waals surface area (Å²) >= 11 is 0. The molecule has 86 valence electrons. The van der Waals surface area contributed by atoms with Crippen molar-refractivity contribution in [3.05, 3.63) is 0 Å². The molecule has 0 bridgehead atoms. The van der Waals surface area contributed by atoms with E-state index in [4.69, 9.17) is 6.42 Å². The van der Waals surface area contributed by atoms with Gasteiger partial charge in [0, 0.05) is 0 Å². The van der Waals surface area contributed by atoms with Crippen molar-refractivity contribution in [2.45, 2.75) is 33.0 Å². The van der Waals surface area contributed by atoms with E-state index in [1.54, 1.807) is 13.8 Å². The topological polar surface area (TPSA) is 29.1 Å². The van der Waals surface area contributed by atoms with Crippen LogP contribution in [0.1, 0.15) is 20.8 Å².